The summed E-state index contributed by atoms with van der Waals surface area (Å²) in [5.41, 5.74) is 2.49. The lowest BCUT2D eigenvalue weighted by Crippen LogP contribution is -2.49. The number of carbonyl (C=O) groups is 2. The summed E-state index contributed by atoms with van der Waals surface area (Å²) in [5, 5.41) is 0. The number of piperidine rings is 1. The fraction of sp³-hybridized carbons (Fsp3) is 0.393. The number of rotatable bonds is 5. The second-order valence-electron chi connectivity index (χ2n) is 9.91. The number of carbonyl (C=O) groups excluding carboxylic acids is 2. The van der Waals surface area contributed by atoms with Crippen LogP contribution in [0.5, 0.6) is 11.5 Å². The monoisotopic (exact) mass is 485 g/mol. The summed E-state index contributed by atoms with van der Waals surface area (Å²) >= 11 is 0. The highest BCUT2D eigenvalue weighted by Gasteiger charge is 2.44. The topological polar surface area (TPSA) is 81.8 Å². The Morgan fingerprint density at radius 3 is 2.50 bits per heavy atom. The van der Waals surface area contributed by atoms with E-state index < -0.39 is 0 Å². The number of hydrogen-bond acceptors (Lipinski definition) is 6. The number of imidazole rings is 1. The van der Waals surface area contributed by atoms with Gasteiger partial charge in [-0.3, -0.25) is 19.4 Å². The van der Waals surface area contributed by atoms with Gasteiger partial charge in [-0.25, -0.2) is 4.98 Å². The average molecular weight is 486 g/mol. The number of nitrogens with one attached hydrogen (secondary N) is 1. The SMILES string of the molecule is CCN(C(C)=O)C(=O)c1ccc2c(c1)Oc1ccccc1N2C1CC2CCC(C1)N2Cc1ncc[nH]1. The second-order valence-corrected chi connectivity index (χ2v) is 9.91. The van der Waals surface area contributed by atoms with Gasteiger partial charge in [-0.2, -0.15) is 0 Å². The van der Waals surface area contributed by atoms with E-state index in [4.69, 9.17) is 4.74 Å². The molecule has 0 spiro atoms. The predicted octanol–water partition coefficient (Wildman–Crippen LogP) is 4.86. The fourth-order valence-electron chi connectivity index (χ4n) is 6.25. The Labute approximate surface area is 210 Å². The van der Waals surface area contributed by atoms with Crippen molar-refractivity contribution in [2.24, 2.45) is 0 Å². The van der Waals surface area contributed by atoms with Crippen LogP contribution in [0.3, 0.4) is 0 Å². The molecular weight excluding hydrogens is 454 g/mol. The number of hydrogen-bond donors (Lipinski definition) is 1. The molecule has 0 radical (unpaired) electrons. The summed E-state index contributed by atoms with van der Waals surface area (Å²) in [6, 6.07) is 15.0. The minimum atomic E-state index is -0.300. The second kappa shape index (κ2) is 9.09. The lowest BCUT2D eigenvalue weighted by molar-refractivity contribution is -0.126. The van der Waals surface area contributed by atoms with E-state index >= 15 is 0 Å². The van der Waals surface area contributed by atoms with E-state index in [1.165, 1.54) is 24.7 Å². The van der Waals surface area contributed by atoms with Gasteiger partial charge in [-0.05, 0) is 62.9 Å². The quantitative estimate of drug-likeness (QED) is 0.556. The third-order valence-electron chi connectivity index (χ3n) is 7.86. The number of benzene rings is 2. The number of H-pyrrole nitrogens is 1. The van der Waals surface area contributed by atoms with Crippen LogP contribution in [0.25, 0.3) is 0 Å². The van der Waals surface area contributed by atoms with Gasteiger partial charge >= 0.3 is 0 Å². The number of amides is 2. The van der Waals surface area contributed by atoms with E-state index in [-0.39, 0.29) is 11.8 Å². The van der Waals surface area contributed by atoms with Gasteiger partial charge in [0.25, 0.3) is 5.91 Å². The summed E-state index contributed by atoms with van der Waals surface area (Å²) in [4.78, 5) is 39.0. The number of aromatic amines is 1. The van der Waals surface area contributed by atoms with Crippen LogP contribution in [0.4, 0.5) is 11.4 Å². The first-order valence-corrected chi connectivity index (χ1v) is 12.8. The molecule has 8 heteroatoms. The molecule has 6 rings (SSSR count). The molecule has 2 atom stereocenters. The van der Waals surface area contributed by atoms with E-state index in [1.54, 1.807) is 13.0 Å². The molecule has 3 aliphatic rings. The Kier molecular flexibility index (Phi) is 5.76. The van der Waals surface area contributed by atoms with Gasteiger partial charge in [0.05, 0.1) is 17.9 Å². The molecule has 2 fully saturated rings. The van der Waals surface area contributed by atoms with Crippen molar-refractivity contribution in [3.8, 4) is 11.5 Å². The predicted molar refractivity (Wildman–Crippen MR) is 136 cm³/mol. The number of ether oxygens (including phenoxy) is 1. The molecular formula is C28H31N5O3. The largest absolute Gasteiger partial charge is 0.453 e. The zero-order chi connectivity index (χ0) is 24.8. The first kappa shape index (κ1) is 22.8. The number of aromatic nitrogens is 2. The van der Waals surface area contributed by atoms with Crippen molar-refractivity contribution in [1.29, 1.82) is 0 Å². The Balaban J connectivity index is 1.32. The van der Waals surface area contributed by atoms with Crippen molar-refractivity contribution < 1.29 is 14.3 Å². The van der Waals surface area contributed by atoms with Crippen LogP contribution in [0, 0.1) is 0 Å². The summed E-state index contributed by atoms with van der Waals surface area (Å²) in [5.74, 6) is 1.91. The summed E-state index contributed by atoms with van der Waals surface area (Å²) in [7, 11) is 0. The van der Waals surface area contributed by atoms with Gasteiger partial charge in [0, 0.05) is 49.6 Å². The number of imide groups is 1. The Hall–Kier alpha value is -3.65. The maximum absolute atomic E-state index is 13.0. The van der Waals surface area contributed by atoms with Crippen molar-refractivity contribution in [2.75, 3.05) is 11.4 Å². The fourth-order valence-corrected chi connectivity index (χ4v) is 6.25. The number of nitrogens with zero attached hydrogens (tertiary/aromatic N) is 4. The minimum Gasteiger partial charge on any atom is -0.453 e. The maximum Gasteiger partial charge on any atom is 0.260 e. The number of fused-ring (bicyclic) bond motifs is 4. The highest BCUT2D eigenvalue weighted by molar-refractivity contribution is 6.04. The molecule has 2 saturated heterocycles. The molecule has 8 nitrogen and oxygen atoms in total. The van der Waals surface area contributed by atoms with Gasteiger partial charge in [0.15, 0.2) is 11.5 Å². The summed E-state index contributed by atoms with van der Waals surface area (Å²) < 4.78 is 6.30. The zero-order valence-electron chi connectivity index (χ0n) is 20.7. The smallest absolute Gasteiger partial charge is 0.260 e. The van der Waals surface area contributed by atoms with E-state index in [0.29, 0.717) is 36.0 Å². The Morgan fingerprint density at radius 2 is 1.81 bits per heavy atom. The van der Waals surface area contributed by atoms with Gasteiger partial charge in [-0.15, -0.1) is 0 Å². The molecule has 3 aliphatic heterocycles. The van der Waals surface area contributed by atoms with Crippen molar-refractivity contribution in [1.82, 2.24) is 19.8 Å². The number of para-hydroxylation sites is 2. The lowest BCUT2D eigenvalue weighted by atomic mass is 9.93. The summed E-state index contributed by atoms with van der Waals surface area (Å²) in [6.45, 7) is 4.42. The van der Waals surface area contributed by atoms with Crippen molar-refractivity contribution in [2.45, 2.75) is 64.2 Å². The van der Waals surface area contributed by atoms with E-state index in [0.717, 1.165) is 42.3 Å². The summed E-state index contributed by atoms with van der Waals surface area (Å²) in [6.07, 6.45) is 8.22. The maximum atomic E-state index is 13.0. The average Bonchev–Trinajstić information content (AvgIpc) is 3.47. The van der Waals surface area contributed by atoms with Crippen LogP contribution in [-0.4, -0.2) is 56.3 Å². The third-order valence-corrected chi connectivity index (χ3v) is 7.86. The highest BCUT2D eigenvalue weighted by Crippen LogP contribution is 2.51. The first-order chi connectivity index (χ1) is 17.5. The van der Waals surface area contributed by atoms with Crippen molar-refractivity contribution >= 4 is 23.2 Å². The molecule has 0 aliphatic carbocycles. The lowest BCUT2D eigenvalue weighted by Gasteiger charge is -2.45. The molecule has 1 N–H and O–H groups in total. The minimum absolute atomic E-state index is 0.259. The molecule has 1 aromatic heterocycles. The molecule has 36 heavy (non-hydrogen) atoms. The third kappa shape index (κ3) is 3.86. The van der Waals surface area contributed by atoms with E-state index in [1.807, 2.05) is 42.7 Å². The van der Waals surface area contributed by atoms with Gasteiger partial charge in [0.1, 0.15) is 5.82 Å². The molecule has 4 heterocycles. The Morgan fingerprint density at radius 1 is 1.06 bits per heavy atom. The van der Waals surface area contributed by atoms with Crippen LogP contribution in [-0.2, 0) is 11.3 Å². The molecule has 186 valence electrons. The zero-order valence-corrected chi connectivity index (χ0v) is 20.7. The van der Waals surface area contributed by atoms with E-state index in [2.05, 4.69) is 25.8 Å². The van der Waals surface area contributed by atoms with Crippen LogP contribution in [0.15, 0.2) is 54.9 Å². The highest BCUT2D eigenvalue weighted by atomic mass is 16.5. The van der Waals surface area contributed by atoms with Gasteiger partial charge < -0.3 is 14.6 Å². The molecule has 2 bridgehead atoms. The molecule has 3 aromatic rings. The van der Waals surface area contributed by atoms with Crippen LogP contribution >= 0.6 is 0 Å². The van der Waals surface area contributed by atoms with Crippen LogP contribution in [0.2, 0.25) is 0 Å². The Bertz CT molecular complexity index is 1280. The normalized spacial score (nSPS) is 22.5. The molecule has 0 saturated carbocycles. The van der Waals surface area contributed by atoms with Crippen LogP contribution in [0.1, 0.15) is 55.7 Å². The van der Waals surface area contributed by atoms with Crippen molar-refractivity contribution in [3.63, 3.8) is 0 Å². The van der Waals surface area contributed by atoms with E-state index in [9.17, 15) is 9.59 Å². The first-order valence-electron chi connectivity index (χ1n) is 12.8. The molecule has 2 aromatic carbocycles. The van der Waals surface area contributed by atoms with Gasteiger partial charge in [-0.1, -0.05) is 12.1 Å². The standard InChI is InChI=1S/C28H31N5O3/c1-3-31(18(2)34)28(35)19-8-11-24-26(14-19)36-25-7-5-4-6-23(25)33(24)22-15-20-9-10-21(16-22)32(20)17-27-29-12-13-30-27/h4-8,11-14,20-22H,3,9-10,15-17H2,1-2H3,(H,29,30). The number of anilines is 2. The molecule has 2 unspecified atom stereocenters. The van der Waals surface area contributed by atoms with Gasteiger partial charge in [0.2, 0.25) is 5.91 Å². The van der Waals surface area contributed by atoms with Crippen molar-refractivity contribution in [3.05, 3.63) is 66.2 Å². The molecule has 2 amide bonds. The van der Waals surface area contributed by atoms with Crippen LogP contribution < -0.4 is 9.64 Å².